The van der Waals surface area contributed by atoms with Crippen molar-refractivity contribution < 1.29 is 24.2 Å². The maximum absolute atomic E-state index is 11.1. The van der Waals surface area contributed by atoms with E-state index >= 15 is 0 Å². The molecule has 0 saturated heterocycles. The van der Waals surface area contributed by atoms with Crippen molar-refractivity contribution >= 4 is 11.9 Å². The molecule has 0 heterocycles. The smallest absolute Gasteiger partial charge is 0.373 e. The Morgan fingerprint density at radius 2 is 2.13 bits per heavy atom. The second kappa shape index (κ2) is 7.75. The summed E-state index contributed by atoms with van der Waals surface area (Å²) in [4.78, 5) is 21.9. The van der Waals surface area contributed by atoms with E-state index in [1.807, 2.05) is 0 Å². The van der Waals surface area contributed by atoms with E-state index in [9.17, 15) is 9.59 Å². The fourth-order valence-corrected chi connectivity index (χ4v) is 0.643. The summed E-state index contributed by atoms with van der Waals surface area (Å²) in [5.41, 5.74) is 0. The third kappa shape index (κ3) is 6.45. The number of hydrogen-bond donors (Lipinski definition) is 1. The average molecular weight is 214 g/mol. The van der Waals surface area contributed by atoms with E-state index in [4.69, 9.17) is 5.11 Å². The van der Waals surface area contributed by atoms with E-state index in [1.54, 1.807) is 6.92 Å². The Bertz CT molecular complexity index is 267. The lowest BCUT2D eigenvalue weighted by Crippen LogP contribution is -2.13. The van der Waals surface area contributed by atoms with Gasteiger partial charge in [-0.25, -0.2) is 9.59 Å². The second-order valence-electron chi connectivity index (χ2n) is 2.56. The maximum Gasteiger partial charge on any atom is 0.373 e. The Balaban J connectivity index is 3.89. The van der Waals surface area contributed by atoms with Crippen LogP contribution >= 0.6 is 0 Å². The minimum Gasteiger partial charge on any atom is -0.460 e. The summed E-state index contributed by atoms with van der Waals surface area (Å²) in [5.74, 6) is -1.85. The molecule has 1 N–H and O–H groups in total. The number of allylic oxidation sites excluding steroid dienone is 1. The Labute approximate surface area is 88.0 Å². The predicted molar refractivity (Wildman–Crippen MR) is 52.7 cm³/mol. The van der Waals surface area contributed by atoms with Gasteiger partial charge in [0.1, 0.15) is 0 Å². The number of aliphatic hydroxyl groups is 1. The lowest BCUT2D eigenvalue weighted by atomic mass is 10.5. The van der Waals surface area contributed by atoms with Gasteiger partial charge < -0.3 is 14.6 Å². The molecule has 0 bridgehead atoms. The van der Waals surface area contributed by atoms with Crippen molar-refractivity contribution in [3.8, 4) is 0 Å². The molecule has 84 valence electrons. The maximum atomic E-state index is 11.1. The highest BCUT2D eigenvalue weighted by Crippen LogP contribution is 1.99. The van der Waals surface area contributed by atoms with E-state index in [0.717, 1.165) is 6.08 Å². The Morgan fingerprint density at radius 3 is 2.67 bits per heavy atom. The molecule has 0 unspecified atom stereocenters. The topological polar surface area (TPSA) is 72.8 Å². The van der Waals surface area contributed by atoms with Crippen LogP contribution in [0.1, 0.15) is 13.3 Å². The van der Waals surface area contributed by atoms with Gasteiger partial charge in [-0.05, 0) is 13.5 Å². The van der Waals surface area contributed by atoms with Gasteiger partial charge >= 0.3 is 11.9 Å². The van der Waals surface area contributed by atoms with Crippen molar-refractivity contribution in [2.45, 2.75) is 13.3 Å². The van der Waals surface area contributed by atoms with Gasteiger partial charge in [0.25, 0.3) is 0 Å². The van der Waals surface area contributed by atoms with Crippen LogP contribution in [0.25, 0.3) is 0 Å². The number of ether oxygens (including phenoxy) is 2. The largest absolute Gasteiger partial charge is 0.460 e. The highest BCUT2D eigenvalue weighted by molar-refractivity contribution is 5.91. The van der Waals surface area contributed by atoms with Crippen LogP contribution in [0.2, 0.25) is 0 Å². The minimum absolute atomic E-state index is 0.0650. The first-order chi connectivity index (χ1) is 7.11. The zero-order valence-electron chi connectivity index (χ0n) is 8.56. The summed E-state index contributed by atoms with van der Waals surface area (Å²) in [7, 11) is 0. The molecule has 0 amide bonds. The van der Waals surface area contributed by atoms with Crippen molar-refractivity contribution in [3.63, 3.8) is 0 Å². The molecule has 0 aromatic heterocycles. The predicted octanol–water partition coefficient (Wildman–Crippen LogP) is 0.545. The van der Waals surface area contributed by atoms with E-state index in [-0.39, 0.29) is 19.0 Å². The summed E-state index contributed by atoms with van der Waals surface area (Å²) in [6.45, 7) is 4.88. The number of rotatable bonds is 6. The molecule has 0 spiro atoms. The van der Waals surface area contributed by atoms with Crippen LogP contribution in [0, 0.1) is 0 Å². The molecule has 0 aromatic rings. The highest BCUT2D eigenvalue weighted by Gasteiger charge is 2.12. The third-order valence-corrected chi connectivity index (χ3v) is 1.29. The Kier molecular flexibility index (Phi) is 6.92. The van der Waals surface area contributed by atoms with Crippen molar-refractivity contribution in [2.75, 3.05) is 13.2 Å². The zero-order chi connectivity index (χ0) is 11.7. The van der Waals surface area contributed by atoms with E-state index in [1.165, 1.54) is 6.08 Å². The quantitative estimate of drug-likeness (QED) is 0.302. The molecule has 0 radical (unpaired) electrons. The van der Waals surface area contributed by atoms with Gasteiger partial charge in [-0.3, -0.25) is 0 Å². The molecule has 0 rings (SSSR count). The van der Waals surface area contributed by atoms with Gasteiger partial charge in [0.05, 0.1) is 6.61 Å². The van der Waals surface area contributed by atoms with Gasteiger partial charge in [-0.1, -0.05) is 6.08 Å². The molecule has 5 heteroatoms. The molecule has 0 aliphatic heterocycles. The van der Waals surface area contributed by atoms with E-state index < -0.39 is 11.9 Å². The Morgan fingerprint density at radius 1 is 1.47 bits per heavy atom. The number of esters is 2. The second-order valence-corrected chi connectivity index (χ2v) is 2.56. The van der Waals surface area contributed by atoms with Crippen LogP contribution in [0.4, 0.5) is 0 Å². The summed E-state index contributed by atoms with van der Waals surface area (Å²) in [5, 5.41) is 8.42. The number of carbonyl (C=O) groups is 2. The van der Waals surface area contributed by atoms with Gasteiger partial charge in [0.15, 0.2) is 0 Å². The van der Waals surface area contributed by atoms with E-state index in [2.05, 4.69) is 16.1 Å². The summed E-state index contributed by atoms with van der Waals surface area (Å²) >= 11 is 0. The summed E-state index contributed by atoms with van der Waals surface area (Å²) in [6.07, 6.45) is 2.97. The SMILES string of the molecule is C=C(OC(=O)/C=C/C)C(=O)OCCCO. The molecular formula is C10H14O5. The molecule has 0 atom stereocenters. The number of carbonyl (C=O) groups excluding carboxylic acids is 2. The van der Waals surface area contributed by atoms with Gasteiger partial charge in [-0.15, -0.1) is 0 Å². The van der Waals surface area contributed by atoms with Crippen molar-refractivity contribution in [2.24, 2.45) is 0 Å². The first-order valence-electron chi connectivity index (χ1n) is 4.43. The molecule has 0 aliphatic rings. The molecular weight excluding hydrogens is 200 g/mol. The summed E-state index contributed by atoms with van der Waals surface area (Å²) < 4.78 is 9.15. The lowest BCUT2D eigenvalue weighted by Gasteiger charge is -2.05. The fraction of sp³-hybridized carbons (Fsp3) is 0.400. The molecule has 0 fully saturated rings. The number of hydrogen-bond acceptors (Lipinski definition) is 5. The Hall–Kier alpha value is -1.62. The van der Waals surface area contributed by atoms with Crippen LogP contribution in [0.15, 0.2) is 24.5 Å². The first-order valence-corrected chi connectivity index (χ1v) is 4.43. The normalized spacial score (nSPS) is 10.0. The highest BCUT2D eigenvalue weighted by atomic mass is 16.6. The van der Waals surface area contributed by atoms with E-state index in [0.29, 0.717) is 6.42 Å². The van der Waals surface area contributed by atoms with Crippen LogP contribution in [-0.2, 0) is 19.1 Å². The van der Waals surface area contributed by atoms with Gasteiger partial charge in [0, 0.05) is 19.1 Å². The van der Waals surface area contributed by atoms with Crippen LogP contribution in [-0.4, -0.2) is 30.3 Å². The third-order valence-electron chi connectivity index (χ3n) is 1.29. The van der Waals surface area contributed by atoms with Crippen LogP contribution in [0.3, 0.4) is 0 Å². The average Bonchev–Trinajstić information content (AvgIpc) is 2.18. The van der Waals surface area contributed by atoms with Crippen molar-refractivity contribution in [1.82, 2.24) is 0 Å². The van der Waals surface area contributed by atoms with Crippen LogP contribution < -0.4 is 0 Å². The molecule has 15 heavy (non-hydrogen) atoms. The molecule has 0 aromatic carbocycles. The monoisotopic (exact) mass is 214 g/mol. The van der Waals surface area contributed by atoms with Crippen molar-refractivity contribution in [1.29, 1.82) is 0 Å². The van der Waals surface area contributed by atoms with Gasteiger partial charge in [-0.2, -0.15) is 0 Å². The lowest BCUT2D eigenvalue weighted by molar-refractivity contribution is -0.149. The standard InChI is InChI=1S/C10H14O5/c1-3-5-9(12)15-8(2)10(13)14-7-4-6-11/h3,5,11H,2,4,6-7H2,1H3/b5-3+. The molecule has 0 saturated carbocycles. The van der Waals surface area contributed by atoms with Gasteiger partial charge in [0.2, 0.25) is 5.76 Å². The molecule has 0 aliphatic carbocycles. The summed E-state index contributed by atoms with van der Waals surface area (Å²) in [6, 6.07) is 0. The van der Waals surface area contributed by atoms with Crippen molar-refractivity contribution in [3.05, 3.63) is 24.5 Å². The zero-order valence-corrected chi connectivity index (χ0v) is 8.56. The van der Waals surface area contributed by atoms with Crippen LogP contribution in [0.5, 0.6) is 0 Å². The molecule has 5 nitrogen and oxygen atoms in total. The minimum atomic E-state index is -0.804. The first kappa shape index (κ1) is 13.4. The fourth-order valence-electron chi connectivity index (χ4n) is 0.643. The number of aliphatic hydroxyl groups excluding tert-OH is 1.